The molecule has 0 radical (unpaired) electrons. The predicted octanol–water partition coefficient (Wildman–Crippen LogP) is 0.365. The van der Waals surface area contributed by atoms with Crippen molar-refractivity contribution in [3.8, 4) is 0 Å². The predicted molar refractivity (Wildman–Crippen MR) is 91.7 cm³/mol. The minimum absolute atomic E-state index is 0.150. The molecule has 2 N–H and O–H groups in total. The standard InChI is InChI=1S/C15H24O9.C2H4O2/c1-5-6-7-21-15(19)12(8-20-9(2)16)24-14(23-11(4)18)13(15)22-10(3)17;1-2(3)4/h12-14,19H,5-8H2,1-4H3;1H3,(H,3,4)/t12-,13+,14?,15-;/m1./s1. The van der Waals surface area contributed by atoms with Gasteiger partial charge >= 0.3 is 17.9 Å². The Morgan fingerprint density at radius 2 is 1.54 bits per heavy atom. The normalized spacial score (nSPS) is 25.9. The van der Waals surface area contributed by atoms with Crippen molar-refractivity contribution in [3.05, 3.63) is 0 Å². The van der Waals surface area contributed by atoms with Crippen LogP contribution in [0.4, 0.5) is 0 Å². The third-order valence-corrected chi connectivity index (χ3v) is 3.26. The number of hydrogen-bond acceptors (Lipinski definition) is 10. The van der Waals surface area contributed by atoms with Crippen LogP contribution < -0.4 is 0 Å². The van der Waals surface area contributed by atoms with Gasteiger partial charge in [-0.2, -0.15) is 0 Å². The van der Waals surface area contributed by atoms with E-state index in [-0.39, 0.29) is 13.2 Å². The number of aliphatic hydroxyl groups is 1. The second-order valence-electron chi connectivity index (χ2n) is 5.91. The SMILES string of the molecule is CC(=O)O.CCCCO[C@]1(O)[C@@H](COC(C)=O)OC(OC(C)=O)[C@@H]1OC(C)=O. The second-order valence-corrected chi connectivity index (χ2v) is 5.91. The summed E-state index contributed by atoms with van der Waals surface area (Å²) in [6, 6.07) is 0. The second kappa shape index (κ2) is 12.3. The number of carboxylic acid groups (broad SMARTS) is 1. The minimum Gasteiger partial charge on any atom is -0.481 e. The van der Waals surface area contributed by atoms with Gasteiger partial charge in [0, 0.05) is 27.7 Å². The summed E-state index contributed by atoms with van der Waals surface area (Å²) in [5.41, 5.74) is 0. The third kappa shape index (κ3) is 9.11. The Balaban J connectivity index is 0.00000165. The van der Waals surface area contributed by atoms with Gasteiger partial charge in [0.25, 0.3) is 5.97 Å². The molecule has 0 saturated carbocycles. The van der Waals surface area contributed by atoms with E-state index < -0.39 is 48.2 Å². The fraction of sp³-hybridized carbons (Fsp3) is 0.765. The van der Waals surface area contributed by atoms with Crippen molar-refractivity contribution in [2.75, 3.05) is 13.2 Å². The van der Waals surface area contributed by atoms with E-state index in [1.807, 2.05) is 6.92 Å². The van der Waals surface area contributed by atoms with Crippen molar-refractivity contribution in [3.63, 3.8) is 0 Å². The highest BCUT2D eigenvalue weighted by Crippen LogP contribution is 2.36. The van der Waals surface area contributed by atoms with Gasteiger partial charge in [-0.3, -0.25) is 19.2 Å². The van der Waals surface area contributed by atoms with Gasteiger partial charge in [0.1, 0.15) is 6.61 Å². The molecule has 4 atom stereocenters. The van der Waals surface area contributed by atoms with E-state index in [1.165, 1.54) is 6.92 Å². The number of aliphatic carboxylic acids is 1. The zero-order valence-electron chi connectivity index (χ0n) is 16.6. The summed E-state index contributed by atoms with van der Waals surface area (Å²) in [7, 11) is 0. The van der Waals surface area contributed by atoms with Crippen molar-refractivity contribution in [2.24, 2.45) is 0 Å². The summed E-state index contributed by atoms with van der Waals surface area (Å²) in [5, 5.41) is 18.3. The molecular weight excluding hydrogens is 380 g/mol. The van der Waals surface area contributed by atoms with Crippen molar-refractivity contribution < 1.29 is 53.1 Å². The summed E-state index contributed by atoms with van der Waals surface area (Å²) in [6.07, 6.45) is -2.54. The molecule has 162 valence electrons. The van der Waals surface area contributed by atoms with Gasteiger partial charge in [0.05, 0.1) is 6.61 Å². The molecule has 28 heavy (non-hydrogen) atoms. The van der Waals surface area contributed by atoms with Gasteiger partial charge in [0.2, 0.25) is 18.2 Å². The van der Waals surface area contributed by atoms with Crippen LogP contribution in [0.1, 0.15) is 47.5 Å². The van der Waals surface area contributed by atoms with Gasteiger partial charge in [0.15, 0.2) is 6.10 Å². The van der Waals surface area contributed by atoms with E-state index in [9.17, 15) is 19.5 Å². The quantitative estimate of drug-likeness (QED) is 0.247. The molecule has 1 unspecified atom stereocenters. The van der Waals surface area contributed by atoms with Crippen molar-refractivity contribution >= 4 is 23.9 Å². The van der Waals surface area contributed by atoms with Crippen molar-refractivity contribution in [2.45, 2.75) is 71.7 Å². The molecular formula is C17H28O11. The molecule has 1 aliphatic heterocycles. The molecule has 1 fully saturated rings. The fourth-order valence-electron chi connectivity index (χ4n) is 2.19. The fourth-order valence-corrected chi connectivity index (χ4v) is 2.19. The Kier molecular flexibility index (Phi) is 11.3. The Labute approximate surface area is 162 Å². The molecule has 0 spiro atoms. The first-order chi connectivity index (χ1) is 12.9. The number of carbonyl (C=O) groups excluding carboxylic acids is 3. The zero-order valence-corrected chi connectivity index (χ0v) is 16.6. The van der Waals surface area contributed by atoms with E-state index in [1.54, 1.807) is 0 Å². The van der Waals surface area contributed by atoms with Crippen LogP contribution in [0.25, 0.3) is 0 Å². The Bertz CT molecular complexity index is 543. The number of rotatable bonds is 8. The maximum absolute atomic E-state index is 11.4. The first-order valence-electron chi connectivity index (χ1n) is 8.63. The molecule has 1 aliphatic rings. The van der Waals surface area contributed by atoms with Gasteiger partial charge in [-0.05, 0) is 6.42 Å². The van der Waals surface area contributed by atoms with E-state index in [0.29, 0.717) is 6.42 Å². The molecule has 0 amide bonds. The first-order valence-corrected chi connectivity index (χ1v) is 8.63. The Hall–Kier alpha value is -2.24. The monoisotopic (exact) mass is 408 g/mol. The molecule has 0 aromatic heterocycles. The Morgan fingerprint density at radius 3 is 1.96 bits per heavy atom. The molecule has 1 saturated heterocycles. The molecule has 11 heteroatoms. The van der Waals surface area contributed by atoms with E-state index >= 15 is 0 Å². The van der Waals surface area contributed by atoms with Gasteiger partial charge in [-0.15, -0.1) is 0 Å². The van der Waals surface area contributed by atoms with Gasteiger partial charge in [-0.25, -0.2) is 0 Å². The summed E-state index contributed by atoms with van der Waals surface area (Å²) in [5.74, 6) is -4.95. The van der Waals surface area contributed by atoms with E-state index in [4.69, 9.17) is 33.6 Å². The molecule has 0 aromatic carbocycles. The van der Waals surface area contributed by atoms with Crippen LogP contribution in [0.15, 0.2) is 0 Å². The number of ether oxygens (including phenoxy) is 5. The topological polar surface area (TPSA) is 155 Å². The van der Waals surface area contributed by atoms with E-state index in [2.05, 4.69) is 0 Å². The lowest BCUT2D eigenvalue weighted by Crippen LogP contribution is -2.54. The molecule has 0 aliphatic carbocycles. The molecule has 0 bridgehead atoms. The average Bonchev–Trinajstić information content (AvgIpc) is 2.77. The average molecular weight is 408 g/mol. The number of esters is 3. The van der Waals surface area contributed by atoms with Gasteiger partial charge < -0.3 is 33.9 Å². The lowest BCUT2D eigenvalue weighted by Gasteiger charge is -2.32. The number of carbonyl (C=O) groups is 4. The largest absolute Gasteiger partial charge is 0.481 e. The number of unbranched alkanes of at least 4 members (excludes halogenated alkanes) is 1. The van der Waals surface area contributed by atoms with Crippen molar-refractivity contribution in [1.82, 2.24) is 0 Å². The minimum atomic E-state index is -2.11. The first kappa shape index (κ1) is 25.8. The molecule has 0 aromatic rings. The highest BCUT2D eigenvalue weighted by atomic mass is 16.8. The van der Waals surface area contributed by atoms with E-state index in [0.717, 1.165) is 27.2 Å². The lowest BCUT2D eigenvalue weighted by molar-refractivity contribution is -0.272. The van der Waals surface area contributed by atoms with Crippen LogP contribution in [-0.2, 0) is 42.9 Å². The molecule has 1 heterocycles. The highest BCUT2D eigenvalue weighted by molar-refractivity contribution is 5.67. The third-order valence-electron chi connectivity index (χ3n) is 3.26. The van der Waals surface area contributed by atoms with Crippen LogP contribution in [-0.4, -0.2) is 71.6 Å². The van der Waals surface area contributed by atoms with Crippen LogP contribution in [0, 0.1) is 0 Å². The summed E-state index contributed by atoms with van der Waals surface area (Å²) >= 11 is 0. The smallest absolute Gasteiger partial charge is 0.305 e. The summed E-state index contributed by atoms with van der Waals surface area (Å²) in [6.45, 7) is 6.28. The summed E-state index contributed by atoms with van der Waals surface area (Å²) < 4.78 is 25.7. The molecule has 11 nitrogen and oxygen atoms in total. The van der Waals surface area contributed by atoms with Gasteiger partial charge in [-0.1, -0.05) is 13.3 Å². The number of carboxylic acids is 1. The maximum Gasteiger partial charge on any atom is 0.305 e. The van der Waals surface area contributed by atoms with Crippen LogP contribution in [0.2, 0.25) is 0 Å². The lowest BCUT2D eigenvalue weighted by atomic mass is 10.1. The Morgan fingerprint density at radius 1 is 1.00 bits per heavy atom. The number of hydrogen-bond donors (Lipinski definition) is 2. The van der Waals surface area contributed by atoms with Crippen LogP contribution >= 0.6 is 0 Å². The summed E-state index contributed by atoms with van der Waals surface area (Å²) in [4.78, 5) is 42.6. The maximum atomic E-state index is 11.4. The van der Waals surface area contributed by atoms with Crippen molar-refractivity contribution in [1.29, 1.82) is 0 Å². The highest BCUT2D eigenvalue weighted by Gasteiger charge is 2.61. The zero-order chi connectivity index (χ0) is 21.9. The van der Waals surface area contributed by atoms with Crippen LogP contribution in [0.3, 0.4) is 0 Å². The van der Waals surface area contributed by atoms with Crippen LogP contribution in [0.5, 0.6) is 0 Å². The molecule has 1 rings (SSSR count).